The number of aliphatic hydroxyl groups excluding tert-OH is 1. The quantitative estimate of drug-likeness (QED) is 0.711. The minimum absolute atomic E-state index is 0.168. The first-order valence-corrected chi connectivity index (χ1v) is 6.09. The molecule has 2 atom stereocenters. The van der Waals surface area contributed by atoms with Crippen molar-refractivity contribution < 1.29 is 15.0 Å². The Bertz CT molecular complexity index is 349. The number of hydrogen-bond acceptors (Lipinski definition) is 4. The van der Waals surface area contributed by atoms with Crippen LogP contribution in [0.1, 0.15) is 35.5 Å². The maximum absolute atomic E-state index is 10.8. The van der Waals surface area contributed by atoms with Crippen molar-refractivity contribution in [2.24, 2.45) is 0 Å². The third-order valence-corrected chi connectivity index (χ3v) is 3.22. The van der Waals surface area contributed by atoms with Crippen molar-refractivity contribution in [1.82, 2.24) is 5.32 Å². The summed E-state index contributed by atoms with van der Waals surface area (Å²) in [5.41, 5.74) is 0.801. The highest BCUT2D eigenvalue weighted by molar-refractivity contribution is 7.12. The molecule has 0 saturated heterocycles. The maximum Gasteiger partial charge on any atom is 0.346 e. The smallest absolute Gasteiger partial charge is 0.346 e. The molecule has 0 fully saturated rings. The molecule has 4 nitrogen and oxygen atoms in total. The Morgan fingerprint density at radius 1 is 1.56 bits per heavy atom. The molecule has 1 heterocycles. The Kier molecular flexibility index (Phi) is 4.92. The van der Waals surface area contributed by atoms with E-state index in [2.05, 4.69) is 5.32 Å². The van der Waals surface area contributed by atoms with Crippen LogP contribution in [0.25, 0.3) is 0 Å². The van der Waals surface area contributed by atoms with Gasteiger partial charge in [-0.05, 0) is 37.3 Å². The molecule has 16 heavy (non-hydrogen) atoms. The molecule has 2 unspecified atom stereocenters. The van der Waals surface area contributed by atoms with Crippen LogP contribution in [0, 0.1) is 0 Å². The topological polar surface area (TPSA) is 69.6 Å². The first-order chi connectivity index (χ1) is 7.50. The predicted octanol–water partition coefficient (Wildman–Crippen LogP) is 1.70. The number of rotatable bonds is 6. The summed E-state index contributed by atoms with van der Waals surface area (Å²) in [4.78, 5) is 11.2. The zero-order valence-corrected chi connectivity index (χ0v) is 10.3. The van der Waals surface area contributed by atoms with Crippen molar-refractivity contribution >= 4 is 17.3 Å². The predicted molar refractivity (Wildman–Crippen MR) is 63.9 cm³/mol. The van der Waals surface area contributed by atoms with Gasteiger partial charge in [-0.25, -0.2) is 4.79 Å². The number of hydrogen-bond donors (Lipinski definition) is 3. The van der Waals surface area contributed by atoms with Crippen LogP contribution in [0.5, 0.6) is 0 Å². The zero-order valence-electron chi connectivity index (χ0n) is 9.43. The highest BCUT2D eigenvalue weighted by Gasteiger charge is 2.12. The van der Waals surface area contributed by atoms with E-state index in [-0.39, 0.29) is 12.1 Å². The molecule has 90 valence electrons. The molecule has 0 bridgehead atoms. The van der Waals surface area contributed by atoms with Gasteiger partial charge in [0.1, 0.15) is 4.88 Å². The maximum atomic E-state index is 10.8. The van der Waals surface area contributed by atoms with Gasteiger partial charge in [0, 0.05) is 12.6 Å². The molecule has 0 aliphatic heterocycles. The van der Waals surface area contributed by atoms with Crippen molar-refractivity contribution in [1.29, 1.82) is 0 Å². The van der Waals surface area contributed by atoms with Crippen molar-refractivity contribution in [3.63, 3.8) is 0 Å². The van der Waals surface area contributed by atoms with Crippen molar-refractivity contribution in [2.45, 2.75) is 39.0 Å². The Morgan fingerprint density at radius 3 is 2.81 bits per heavy atom. The third-order valence-electron chi connectivity index (χ3n) is 2.28. The molecular weight excluding hydrogens is 226 g/mol. The highest BCUT2D eigenvalue weighted by Crippen LogP contribution is 2.16. The van der Waals surface area contributed by atoms with E-state index < -0.39 is 5.97 Å². The summed E-state index contributed by atoms with van der Waals surface area (Å²) in [6, 6.07) is 1.98. The standard InChI is InChI=1S/C11H17NO3S/c1-7(5-8(2)13)12-6-9-3-4-16-10(9)11(14)15/h3-4,7-8,12-13H,5-6H2,1-2H3,(H,14,15). The lowest BCUT2D eigenvalue weighted by molar-refractivity contribution is 0.0700. The average Bonchev–Trinajstić information content (AvgIpc) is 2.61. The second kappa shape index (κ2) is 5.98. The molecule has 0 aliphatic rings. The Hall–Kier alpha value is -0.910. The Labute approximate surface area is 98.9 Å². The number of nitrogens with one attached hydrogen (secondary N) is 1. The Balaban J connectivity index is 2.48. The molecule has 0 aromatic carbocycles. The number of carboxylic acids is 1. The van der Waals surface area contributed by atoms with Crippen LogP contribution >= 0.6 is 11.3 Å². The van der Waals surface area contributed by atoms with Crippen LogP contribution in [0.4, 0.5) is 0 Å². The third kappa shape index (κ3) is 3.92. The fourth-order valence-electron chi connectivity index (χ4n) is 1.54. The Morgan fingerprint density at radius 2 is 2.25 bits per heavy atom. The molecular formula is C11H17NO3S. The summed E-state index contributed by atoms with van der Waals surface area (Å²) in [6.45, 7) is 4.24. The summed E-state index contributed by atoms with van der Waals surface area (Å²) in [7, 11) is 0. The van der Waals surface area contributed by atoms with Gasteiger partial charge in [-0.1, -0.05) is 0 Å². The normalized spacial score (nSPS) is 14.7. The molecule has 1 rings (SSSR count). The van der Waals surface area contributed by atoms with Crippen molar-refractivity contribution in [3.05, 3.63) is 21.9 Å². The molecule has 0 saturated carbocycles. The van der Waals surface area contributed by atoms with E-state index in [1.165, 1.54) is 11.3 Å². The first kappa shape index (κ1) is 13.2. The number of aliphatic hydroxyl groups is 1. The monoisotopic (exact) mass is 243 g/mol. The number of aromatic carboxylic acids is 1. The van der Waals surface area contributed by atoms with Crippen LogP contribution < -0.4 is 5.32 Å². The van der Waals surface area contributed by atoms with Gasteiger partial charge in [0.15, 0.2) is 0 Å². The van der Waals surface area contributed by atoms with Gasteiger partial charge in [-0.2, -0.15) is 0 Å². The summed E-state index contributed by atoms with van der Waals surface area (Å²) in [5.74, 6) is -0.880. The largest absolute Gasteiger partial charge is 0.477 e. The lowest BCUT2D eigenvalue weighted by Crippen LogP contribution is -2.29. The molecule has 0 radical (unpaired) electrons. The minimum atomic E-state index is -0.880. The highest BCUT2D eigenvalue weighted by atomic mass is 32.1. The van der Waals surface area contributed by atoms with Crippen LogP contribution in [0.2, 0.25) is 0 Å². The summed E-state index contributed by atoms with van der Waals surface area (Å²) in [5, 5.41) is 23.1. The fourth-order valence-corrected chi connectivity index (χ4v) is 2.30. The molecule has 0 aliphatic carbocycles. The minimum Gasteiger partial charge on any atom is -0.477 e. The van der Waals surface area contributed by atoms with Crippen LogP contribution in [-0.2, 0) is 6.54 Å². The molecule has 5 heteroatoms. The van der Waals surface area contributed by atoms with Crippen LogP contribution in [0.15, 0.2) is 11.4 Å². The molecule has 1 aromatic heterocycles. The fraction of sp³-hybridized carbons (Fsp3) is 0.545. The van der Waals surface area contributed by atoms with Gasteiger partial charge >= 0.3 is 5.97 Å². The van der Waals surface area contributed by atoms with E-state index in [1.54, 1.807) is 12.3 Å². The SMILES string of the molecule is CC(O)CC(C)NCc1ccsc1C(=O)O. The molecule has 1 aromatic rings. The van der Waals surface area contributed by atoms with E-state index in [4.69, 9.17) is 5.11 Å². The number of carbonyl (C=O) groups is 1. The van der Waals surface area contributed by atoms with Crippen molar-refractivity contribution in [3.8, 4) is 0 Å². The van der Waals surface area contributed by atoms with Crippen molar-refractivity contribution in [2.75, 3.05) is 0 Å². The van der Waals surface area contributed by atoms with E-state index in [0.717, 1.165) is 5.56 Å². The summed E-state index contributed by atoms with van der Waals surface area (Å²) < 4.78 is 0. The van der Waals surface area contributed by atoms with Gasteiger partial charge in [0.05, 0.1) is 6.10 Å². The van der Waals surface area contributed by atoms with Gasteiger partial charge in [0.2, 0.25) is 0 Å². The van der Waals surface area contributed by atoms with Gasteiger partial charge in [0.25, 0.3) is 0 Å². The summed E-state index contributed by atoms with van der Waals surface area (Å²) >= 11 is 1.23. The van der Waals surface area contributed by atoms with E-state index in [9.17, 15) is 9.90 Å². The average molecular weight is 243 g/mol. The van der Waals surface area contributed by atoms with Gasteiger partial charge in [-0.15, -0.1) is 11.3 Å². The first-order valence-electron chi connectivity index (χ1n) is 5.21. The molecule has 0 amide bonds. The lowest BCUT2D eigenvalue weighted by Gasteiger charge is -2.15. The summed E-state index contributed by atoms with van der Waals surface area (Å²) in [6.07, 6.45) is 0.316. The zero-order chi connectivity index (χ0) is 12.1. The van der Waals surface area contributed by atoms with Crippen LogP contribution in [-0.4, -0.2) is 28.3 Å². The van der Waals surface area contributed by atoms with Gasteiger partial charge < -0.3 is 15.5 Å². The van der Waals surface area contributed by atoms with E-state index in [0.29, 0.717) is 17.8 Å². The number of carboxylic acid groups (broad SMARTS) is 1. The van der Waals surface area contributed by atoms with E-state index in [1.807, 2.05) is 13.0 Å². The molecule has 0 spiro atoms. The molecule has 3 N–H and O–H groups in total. The number of thiophene rings is 1. The second-order valence-electron chi connectivity index (χ2n) is 3.95. The van der Waals surface area contributed by atoms with E-state index >= 15 is 0 Å². The van der Waals surface area contributed by atoms with Crippen LogP contribution in [0.3, 0.4) is 0 Å². The van der Waals surface area contributed by atoms with Gasteiger partial charge in [-0.3, -0.25) is 0 Å². The second-order valence-corrected chi connectivity index (χ2v) is 4.86. The lowest BCUT2D eigenvalue weighted by atomic mass is 10.1.